The van der Waals surface area contributed by atoms with Gasteiger partial charge in [0.2, 0.25) is 0 Å². The average Bonchev–Trinajstić information content (AvgIpc) is 2.03. The summed E-state index contributed by atoms with van der Waals surface area (Å²) in [5, 5.41) is 0. The predicted molar refractivity (Wildman–Crippen MR) is 52.3 cm³/mol. The molecule has 0 aliphatic rings. The summed E-state index contributed by atoms with van der Waals surface area (Å²) in [6.07, 6.45) is 0.222. The molecule has 12 heavy (non-hydrogen) atoms. The number of likely N-dealkylation sites (N-methyl/N-ethyl adjacent to an activating group) is 2. The van der Waals surface area contributed by atoms with Gasteiger partial charge in [0, 0.05) is 13.2 Å². The van der Waals surface area contributed by atoms with Crippen LogP contribution < -0.4 is 0 Å². The van der Waals surface area contributed by atoms with Gasteiger partial charge in [-0.2, -0.15) is 0 Å². The third-order valence-corrected chi connectivity index (χ3v) is 1.94. The monoisotopic (exact) mass is 174 g/mol. The van der Waals surface area contributed by atoms with Crippen LogP contribution in [0.25, 0.3) is 0 Å². The third-order valence-electron chi connectivity index (χ3n) is 1.94. The first-order chi connectivity index (χ1) is 5.61. The largest absolute Gasteiger partial charge is 0.362 e. The quantitative estimate of drug-likeness (QED) is 0.556. The second kappa shape index (κ2) is 6.40. The molecule has 74 valence electrons. The summed E-state index contributed by atoms with van der Waals surface area (Å²) in [5.41, 5.74) is 0. The van der Waals surface area contributed by atoms with E-state index >= 15 is 0 Å². The number of hydrogen-bond donors (Lipinski definition) is 0. The Morgan fingerprint density at radius 2 is 1.75 bits per heavy atom. The minimum atomic E-state index is 0.222. The van der Waals surface area contributed by atoms with Crippen molar-refractivity contribution in [3.63, 3.8) is 0 Å². The highest BCUT2D eigenvalue weighted by Gasteiger charge is 2.12. The molecule has 0 heterocycles. The van der Waals surface area contributed by atoms with Crippen LogP contribution in [0.4, 0.5) is 0 Å². The van der Waals surface area contributed by atoms with E-state index in [-0.39, 0.29) is 6.23 Å². The van der Waals surface area contributed by atoms with Crippen LogP contribution in [-0.4, -0.2) is 56.9 Å². The first-order valence-electron chi connectivity index (χ1n) is 4.58. The van der Waals surface area contributed by atoms with Crippen molar-refractivity contribution in [2.75, 3.05) is 40.8 Å². The predicted octanol–water partition coefficient (Wildman–Crippen LogP) is 0.862. The second-order valence-electron chi connectivity index (χ2n) is 3.23. The Labute approximate surface area is 76.3 Å². The number of hydrogen-bond acceptors (Lipinski definition) is 3. The molecule has 0 fully saturated rings. The SMILES string of the molecule is CCOC(CN(C)CC)N(C)C. The smallest absolute Gasteiger partial charge is 0.122 e. The standard InChI is InChI=1S/C9H22N2O/c1-6-11(5)8-9(10(3)4)12-7-2/h9H,6-8H2,1-5H3. The molecule has 0 bridgehead atoms. The lowest BCUT2D eigenvalue weighted by molar-refractivity contribution is -0.0453. The summed E-state index contributed by atoms with van der Waals surface area (Å²) in [4.78, 5) is 4.36. The highest BCUT2D eigenvalue weighted by atomic mass is 16.5. The number of rotatable bonds is 6. The van der Waals surface area contributed by atoms with E-state index in [0.29, 0.717) is 0 Å². The van der Waals surface area contributed by atoms with E-state index in [4.69, 9.17) is 4.74 Å². The van der Waals surface area contributed by atoms with Gasteiger partial charge in [-0.25, -0.2) is 0 Å². The average molecular weight is 174 g/mol. The molecule has 0 radical (unpaired) electrons. The summed E-state index contributed by atoms with van der Waals surface area (Å²) in [6, 6.07) is 0. The van der Waals surface area contributed by atoms with Gasteiger partial charge < -0.3 is 9.64 Å². The van der Waals surface area contributed by atoms with Crippen LogP contribution in [0.15, 0.2) is 0 Å². The lowest BCUT2D eigenvalue weighted by Gasteiger charge is -2.27. The van der Waals surface area contributed by atoms with Crippen molar-refractivity contribution < 1.29 is 4.74 Å². The first kappa shape index (κ1) is 11.9. The van der Waals surface area contributed by atoms with Gasteiger partial charge in [0.1, 0.15) is 6.23 Å². The Kier molecular flexibility index (Phi) is 6.34. The Morgan fingerprint density at radius 3 is 2.08 bits per heavy atom. The third kappa shape index (κ3) is 4.70. The maximum absolute atomic E-state index is 5.56. The molecular formula is C9H22N2O. The number of ether oxygens (including phenoxy) is 1. The highest BCUT2D eigenvalue weighted by molar-refractivity contribution is 4.59. The Hall–Kier alpha value is -0.120. The van der Waals surface area contributed by atoms with Gasteiger partial charge in [-0.05, 0) is 34.6 Å². The fourth-order valence-corrected chi connectivity index (χ4v) is 0.953. The van der Waals surface area contributed by atoms with Crippen molar-refractivity contribution in [1.29, 1.82) is 0 Å². The van der Waals surface area contributed by atoms with Crippen LogP contribution in [0, 0.1) is 0 Å². The molecule has 0 spiro atoms. The van der Waals surface area contributed by atoms with Crippen LogP contribution in [0.2, 0.25) is 0 Å². The molecule has 3 heteroatoms. The Bertz CT molecular complexity index is 107. The molecular weight excluding hydrogens is 152 g/mol. The molecule has 0 aliphatic carbocycles. The molecule has 3 nitrogen and oxygen atoms in total. The topological polar surface area (TPSA) is 15.7 Å². The molecule has 0 N–H and O–H groups in total. The van der Waals surface area contributed by atoms with E-state index in [1.54, 1.807) is 0 Å². The van der Waals surface area contributed by atoms with E-state index in [9.17, 15) is 0 Å². The van der Waals surface area contributed by atoms with Crippen LogP contribution in [0.1, 0.15) is 13.8 Å². The summed E-state index contributed by atoms with van der Waals surface area (Å²) in [7, 11) is 6.20. The molecule has 1 unspecified atom stereocenters. The van der Waals surface area contributed by atoms with Crippen LogP contribution >= 0.6 is 0 Å². The van der Waals surface area contributed by atoms with Gasteiger partial charge in [0.15, 0.2) is 0 Å². The van der Waals surface area contributed by atoms with Crippen LogP contribution in [0.5, 0.6) is 0 Å². The molecule has 1 atom stereocenters. The molecule has 0 saturated carbocycles. The number of nitrogens with zero attached hydrogens (tertiary/aromatic N) is 2. The lowest BCUT2D eigenvalue weighted by Crippen LogP contribution is -2.40. The minimum Gasteiger partial charge on any atom is -0.362 e. The maximum atomic E-state index is 5.56. The van der Waals surface area contributed by atoms with Gasteiger partial charge in [-0.1, -0.05) is 6.92 Å². The summed E-state index contributed by atoms with van der Waals surface area (Å²) in [6.45, 7) is 7.00. The van der Waals surface area contributed by atoms with E-state index in [1.807, 2.05) is 21.0 Å². The summed E-state index contributed by atoms with van der Waals surface area (Å²) >= 11 is 0. The molecule has 0 aliphatic heterocycles. The molecule has 0 saturated heterocycles. The van der Waals surface area contributed by atoms with Crippen LogP contribution in [-0.2, 0) is 4.74 Å². The summed E-state index contributed by atoms with van der Waals surface area (Å²) < 4.78 is 5.56. The fraction of sp³-hybridized carbons (Fsp3) is 1.00. The molecule has 0 amide bonds. The lowest BCUT2D eigenvalue weighted by atomic mass is 10.4. The van der Waals surface area contributed by atoms with E-state index in [1.165, 1.54) is 0 Å². The van der Waals surface area contributed by atoms with E-state index in [2.05, 4.69) is 23.8 Å². The minimum absolute atomic E-state index is 0.222. The van der Waals surface area contributed by atoms with Gasteiger partial charge in [0.05, 0.1) is 0 Å². The van der Waals surface area contributed by atoms with Crippen molar-refractivity contribution in [1.82, 2.24) is 9.80 Å². The van der Waals surface area contributed by atoms with Gasteiger partial charge in [-0.15, -0.1) is 0 Å². The Balaban J connectivity index is 3.77. The molecule has 0 aromatic heterocycles. The van der Waals surface area contributed by atoms with Crippen LogP contribution in [0.3, 0.4) is 0 Å². The highest BCUT2D eigenvalue weighted by Crippen LogP contribution is 1.98. The Morgan fingerprint density at radius 1 is 1.17 bits per heavy atom. The second-order valence-corrected chi connectivity index (χ2v) is 3.23. The van der Waals surface area contributed by atoms with Crippen molar-refractivity contribution >= 4 is 0 Å². The molecule has 0 aromatic carbocycles. The zero-order valence-corrected chi connectivity index (χ0v) is 9.00. The van der Waals surface area contributed by atoms with E-state index < -0.39 is 0 Å². The van der Waals surface area contributed by atoms with Crippen molar-refractivity contribution in [2.45, 2.75) is 20.1 Å². The molecule has 0 rings (SSSR count). The van der Waals surface area contributed by atoms with E-state index in [0.717, 1.165) is 19.7 Å². The van der Waals surface area contributed by atoms with Crippen molar-refractivity contribution in [3.8, 4) is 0 Å². The van der Waals surface area contributed by atoms with Gasteiger partial charge in [0.25, 0.3) is 0 Å². The van der Waals surface area contributed by atoms with Gasteiger partial charge >= 0.3 is 0 Å². The van der Waals surface area contributed by atoms with Crippen molar-refractivity contribution in [2.24, 2.45) is 0 Å². The molecule has 0 aromatic rings. The maximum Gasteiger partial charge on any atom is 0.122 e. The summed E-state index contributed by atoms with van der Waals surface area (Å²) in [5.74, 6) is 0. The fourth-order valence-electron chi connectivity index (χ4n) is 0.953. The zero-order valence-electron chi connectivity index (χ0n) is 9.00. The van der Waals surface area contributed by atoms with Gasteiger partial charge in [-0.3, -0.25) is 4.90 Å². The first-order valence-corrected chi connectivity index (χ1v) is 4.58. The van der Waals surface area contributed by atoms with Crippen molar-refractivity contribution in [3.05, 3.63) is 0 Å². The normalized spacial score (nSPS) is 14.2. The zero-order chi connectivity index (χ0) is 9.56.